The molecule has 4 aromatic rings. The molecule has 0 atom stereocenters. The van der Waals surface area contributed by atoms with E-state index in [4.69, 9.17) is 5.73 Å². The van der Waals surface area contributed by atoms with E-state index >= 15 is 0 Å². The molecule has 4 aromatic heterocycles. The maximum atomic E-state index is 13.2. The second-order valence-corrected chi connectivity index (χ2v) is 9.19. The van der Waals surface area contributed by atoms with Crippen molar-refractivity contribution in [2.24, 2.45) is 0 Å². The lowest BCUT2D eigenvalue weighted by Gasteiger charge is -2.17. The van der Waals surface area contributed by atoms with Crippen LogP contribution in [0.2, 0.25) is 0 Å². The standard InChI is InChI=1S/C13H13FN4O.C13H15N5O/c2*1-7-10(9-3-4-16-13(14)17-9)8(2)18-6-5-15-12(19)11(7)18/h3-4H,5-6H2,1-2H3,(H,15,19);3-4H,5-6H2,1-2H3,(H,15,19)(H2,14,16,17). The number of hydrogen-bond donors (Lipinski definition) is 3. The van der Waals surface area contributed by atoms with Crippen LogP contribution in [0, 0.1) is 33.8 Å². The molecule has 6 rings (SSSR count). The first-order chi connectivity index (χ1) is 18.2. The van der Waals surface area contributed by atoms with E-state index in [0.29, 0.717) is 24.5 Å². The minimum Gasteiger partial charge on any atom is -0.368 e. The first-order valence-electron chi connectivity index (χ1n) is 12.2. The van der Waals surface area contributed by atoms with Gasteiger partial charge in [0.1, 0.15) is 11.4 Å². The van der Waals surface area contributed by atoms with E-state index in [1.54, 1.807) is 12.3 Å². The van der Waals surface area contributed by atoms with Crippen molar-refractivity contribution >= 4 is 17.8 Å². The highest BCUT2D eigenvalue weighted by Gasteiger charge is 2.27. The number of carbonyl (C=O) groups excluding carboxylic acids is 2. The molecule has 0 radical (unpaired) electrons. The second kappa shape index (κ2) is 9.69. The van der Waals surface area contributed by atoms with Crippen LogP contribution in [-0.4, -0.2) is 54.0 Å². The molecule has 38 heavy (non-hydrogen) atoms. The number of aromatic nitrogens is 6. The highest BCUT2D eigenvalue weighted by Crippen LogP contribution is 2.33. The fourth-order valence-electron chi connectivity index (χ4n) is 5.41. The Bertz CT molecular complexity index is 1470. The fourth-order valence-corrected chi connectivity index (χ4v) is 5.41. The Kier molecular flexibility index (Phi) is 6.39. The SMILES string of the molecule is Cc1c(-c2ccnc(F)n2)c(C)n2c1C(=O)NCC2.Cc1c(-c2ccnc(N)n2)c(C)n2c1C(=O)NCC2. The summed E-state index contributed by atoms with van der Waals surface area (Å²) in [6.07, 6.45) is 2.26. The number of halogens is 1. The van der Waals surface area contributed by atoms with Crippen molar-refractivity contribution in [3.63, 3.8) is 0 Å². The second-order valence-electron chi connectivity index (χ2n) is 9.19. The van der Waals surface area contributed by atoms with Gasteiger partial charge in [-0.1, -0.05) is 0 Å². The van der Waals surface area contributed by atoms with Crippen LogP contribution >= 0.6 is 0 Å². The smallest absolute Gasteiger partial charge is 0.309 e. The zero-order chi connectivity index (χ0) is 27.1. The molecule has 196 valence electrons. The third kappa shape index (κ3) is 4.17. The van der Waals surface area contributed by atoms with Crippen LogP contribution < -0.4 is 16.4 Å². The number of nitrogens with zero attached hydrogens (tertiary/aromatic N) is 6. The molecule has 0 aromatic carbocycles. The van der Waals surface area contributed by atoms with Gasteiger partial charge in [0.2, 0.25) is 5.95 Å². The van der Waals surface area contributed by atoms with Crippen LogP contribution in [0.1, 0.15) is 43.5 Å². The molecule has 12 heteroatoms. The monoisotopic (exact) mass is 517 g/mol. The van der Waals surface area contributed by atoms with E-state index < -0.39 is 6.08 Å². The first kappa shape index (κ1) is 25.1. The van der Waals surface area contributed by atoms with Crippen molar-refractivity contribution < 1.29 is 14.0 Å². The predicted octanol–water partition coefficient (Wildman–Crippen LogP) is 2.33. The third-order valence-corrected chi connectivity index (χ3v) is 7.02. The molecule has 0 spiro atoms. The Morgan fingerprint density at radius 1 is 0.789 bits per heavy atom. The Morgan fingerprint density at radius 3 is 1.71 bits per heavy atom. The quantitative estimate of drug-likeness (QED) is 0.346. The van der Waals surface area contributed by atoms with Crippen LogP contribution in [0.25, 0.3) is 22.5 Å². The molecule has 4 N–H and O–H groups in total. The Labute approximate surface area is 218 Å². The van der Waals surface area contributed by atoms with E-state index in [1.165, 1.54) is 6.20 Å². The number of anilines is 1. The molecule has 2 amide bonds. The molecule has 0 fully saturated rings. The average molecular weight is 518 g/mol. The van der Waals surface area contributed by atoms with Crippen LogP contribution in [-0.2, 0) is 13.1 Å². The number of nitrogens with two attached hydrogens (primary N) is 1. The number of nitrogens with one attached hydrogen (secondary N) is 2. The van der Waals surface area contributed by atoms with Crippen molar-refractivity contribution in [1.82, 2.24) is 39.7 Å². The fraction of sp³-hybridized carbons (Fsp3) is 0.308. The molecule has 2 aliphatic rings. The van der Waals surface area contributed by atoms with Gasteiger partial charge in [0.15, 0.2) is 0 Å². The molecule has 0 saturated carbocycles. The number of hydrogen-bond acceptors (Lipinski definition) is 7. The van der Waals surface area contributed by atoms with Gasteiger partial charge in [-0.3, -0.25) is 9.59 Å². The molecule has 0 unspecified atom stereocenters. The lowest BCUT2D eigenvalue weighted by molar-refractivity contribution is 0.0918. The molecule has 2 aliphatic heterocycles. The van der Waals surface area contributed by atoms with Crippen molar-refractivity contribution in [2.45, 2.75) is 40.8 Å². The average Bonchev–Trinajstić information content (AvgIpc) is 3.30. The minimum atomic E-state index is -0.759. The van der Waals surface area contributed by atoms with Crippen molar-refractivity contribution in [3.8, 4) is 22.5 Å². The van der Waals surface area contributed by atoms with Gasteiger partial charge in [-0.2, -0.15) is 4.39 Å². The van der Waals surface area contributed by atoms with Crippen LogP contribution in [0.5, 0.6) is 0 Å². The Balaban J connectivity index is 0.000000155. The lowest BCUT2D eigenvalue weighted by atomic mass is 10.1. The van der Waals surface area contributed by atoms with Crippen molar-refractivity contribution in [3.05, 3.63) is 64.5 Å². The van der Waals surface area contributed by atoms with E-state index in [0.717, 1.165) is 58.1 Å². The maximum Gasteiger partial charge on any atom is 0.309 e. The molecule has 11 nitrogen and oxygen atoms in total. The summed E-state index contributed by atoms with van der Waals surface area (Å²) in [7, 11) is 0. The topological polar surface area (TPSA) is 146 Å². The number of carbonyl (C=O) groups is 2. The molecule has 0 aliphatic carbocycles. The van der Waals surface area contributed by atoms with Gasteiger partial charge in [-0.25, -0.2) is 19.9 Å². The van der Waals surface area contributed by atoms with Crippen molar-refractivity contribution in [1.29, 1.82) is 0 Å². The number of fused-ring (bicyclic) bond motifs is 2. The summed E-state index contributed by atoms with van der Waals surface area (Å²) in [5.74, 6) is 0.123. The molecule has 6 heterocycles. The number of nitrogen functional groups attached to an aromatic ring is 1. The number of amides is 2. The highest BCUT2D eigenvalue weighted by molar-refractivity contribution is 5.98. The largest absolute Gasteiger partial charge is 0.368 e. The van der Waals surface area contributed by atoms with E-state index in [2.05, 4.69) is 30.6 Å². The summed E-state index contributed by atoms with van der Waals surface area (Å²) in [6.45, 7) is 10.5. The van der Waals surface area contributed by atoms with Gasteiger partial charge < -0.3 is 25.5 Å². The third-order valence-electron chi connectivity index (χ3n) is 7.02. The molecule has 0 saturated heterocycles. The first-order valence-corrected chi connectivity index (χ1v) is 12.2. The van der Waals surface area contributed by atoms with E-state index in [1.807, 2.05) is 42.9 Å². The van der Waals surface area contributed by atoms with Gasteiger partial charge in [-0.05, 0) is 51.0 Å². The Hall–Kier alpha value is -4.61. The molecular weight excluding hydrogens is 489 g/mol. The van der Waals surface area contributed by atoms with E-state index in [-0.39, 0.29) is 17.8 Å². The summed E-state index contributed by atoms with van der Waals surface area (Å²) >= 11 is 0. The normalized spacial score (nSPS) is 14.1. The summed E-state index contributed by atoms with van der Waals surface area (Å²) in [4.78, 5) is 39.3. The molecular formula is C26H28FN9O2. The maximum absolute atomic E-state index is 13.2. The minimum absolute atomic E-state index is 0.0277. The van der Waals surface area contributed by atoms with Crippen LogP contribution in [0.3, 0.4) is 0 Å². The van der Waals surface area contributed by atoms with Crippen LogP contribution in [0.15, 0.2) is 24.5 Å². The summed E-state index contributed by atoms with van der Waals surface area (Å²) in [5, 5.41) is 5.68. The van der Waals surface area contributed by atoms with Gasteiger partial charge in [0, 0.05) is 61.1 Å². The molecule has 0 bridgehead atoms. The summed E-state index contributed by atoms with van der Waals surface area (Å²) in [6, 6.07) is 3.47. The van der Waals surface area contributed by atoms with Gasteiger partial charge in [0.25, 0.3) is 11.8 Å². The van der Waals surface area contributed by atoms with Gasteiger partial charge >= 0.3 is 6.08 Å². The number of rotatable bonds is 2. The van der Waals surface area contributed by atoms with Crippen molar-refractivity contribution in [2.75, 3.05) is 18.8 Å². The summed E-state index contributed by atoms with van der Waals surface area (Å²) < 4.78 is 17.2. The zero-order valence-corrected chi connectivity index (χ0v) is 21.6. The van der Waals surface area contributed by atoms with E-state index in [9.17, 15) is 14.0 Å². The highest BCUT2D eigenvalue weighted by atomic mass is 19.1. The summed E-state index contributed by atoms with van der Waals surface area (Å²) in [5.41, 5.74) is 13.8. The van der Waals surface area contributed by atoms with Crippen LogP contribution in [0.4, 0.5) is 10.3 Å². The lowest BCUT2D eigenvalue weighted by Crippen LogP contribution is -2.35. The Morgan fingerprint density at radius 2 is 1.26 bits per heavy atom. The zero-order valence-electron chi connectivity index (χ0n) is 21.6. The van der Waals surface area contributed by atoms with Gasteiger partial charge in [-0.15, -0.1) is 0 Å². The van der Waals surface area contributed by atoms with Gasteiger partial charge in [0.05, 0.1) is 11.4 Å². The predicted molar refractivity (Wildman–Crippen MR) is 139 cm³/mol.